The van der Waals surface area contributed by atoms with Crippen LogP contribution in [0.5, 0.6) is 0 Å². The van der Waals surface area contributed by atoms with E-state index in [1.54, 1.807) is 0 Å². The minimum Gasteiger partial charge on any atom is -0.139 e. The summed E-state index contributed by atoms with van der Waals surface area (Å²) in [4.78, 5) is 0. The fourth-order valence-electron chi connectivity index (χ4n) is 1.16. The van der Waals surface area contributed by atoms with Gasteiger partial charge in [-0.2, -0.15) is 0 Å². The summed E-state index contributed by atoms with van der Waals surface area (Å²) in [6.07, 6.45) is -0.00137. The summed E-state index contributed by atoms with van der Waals surface area (Å²) in [7, 11) is -1.70. The minimum atomic E-state index is -1.70. The first-order chi connectivity index (χ1) is 6.50. The van der Waals surface area contributed by atoms with E-state index in [4.69, 9.17) is 4.52 Å². The first-order valence-electron chi connectivity index (χ1n) is 4.72. The molecule has 0 amide bonds. The highest BCUT2D eigenvalue weighted by molar-refractivity contribution is 7.48. The molecule has 2 nitrogen and oxygen atoms in total. The monoisotopic (exact) mass is 211 g/mol. The van der Waals surface area contributed by atoms with Crippen molar-refractivity contribution < 1.29 is 9.09 Å². The van der Waals surface area contributed by atoms with E-state index in [-0.39, 0.29) is 6.10 Å². The summed E-state index contributed by atoms with van der Waals surface area (Å²) in [6.45, 7) is 7.71. The van der Waals surface area contributed by atoms with Gasteiger partial charge in [0.1, 0.15) is 6.10 Å². The van der Waals surface area contributed by atoms with Crippen LogP contribution in [0.3, 0.4) is 0 Å². The normalized spacial score (nSPS) is 11.9. The standard InChI is InChI=1S/C11H16O2P/c1-8(2)13-14(12)11-7-9(3)5-6-10(11)4/h5-8H,1-4H3/q+1. The van der Waals surface area contributed by atoms with Crippen LogP contribution in [0.15, 0.2) is 18.2 Å². The zero-order chi connectivity index (χ0) is 10.7. The maximum Gasteiger partial charge on any atom is 0.549 e. The first-order valence-corrected chi connectivity index (χ1v) is 5.89. The predicted molar refractivity (Wildman–Crippen MR) is 59.4 cm³/mol. The molecule has 0 N–H and O–H groups in total. The van der Waals surface area contributed by atoms with Gasteiger partial charge in [-0.1, -0.05) is 12.1 Å². The molecule has 0 aliphatic rings. The van der Waals surface area contributed by atoms with Crippen LogP contribution in [0, 0.1) is 13.8 Å². The van der Waals surface area contributed by atoms with Crippen molar-refractivity contribution in [1.29, 1.82) is 0 Å². The topological polar surface area (TPSA) is 26.3 Å². The summed E-state index contributed by atoms with van der Waals surface area (Å²) in [5.74, 6) is 0. The molecule has 1 unspecified atom stereocenters. The van der Waals surface area contributed by atoms with E-state index >= 15 is 0 Å². The van der Waals surface area contributed by atoms with Gasteiger partial charge >= 0.3 is 8.03 Å². The molecule has 1 aromatic rings. The Hall–Kier alpha value is -0.720. The highest BCUT2D eigenvalue weighted by Crippen LogP contribution is 2.25. The van der Waals surface area contributed by atoms with Crippen LogP contribution in [0.4, 0.5) is 0 Å². The summed E-state index contributed by atoms with van der Waals surface area (Å²) < 4.78 is 17.0. The lowest BCUT2D eigenvalue weighted by atomic mass is 10.2. The van der Waals surface area contributed by atoms with Crippen molar-refractivity contribution in [2.45, 2.75) is 33.8 Å². The van der Waals surface area contributed by atoms with Crippen molar-refractivity contribution in [2.24, 2.45) is 0 Å². The van der Waals surface area contributed by atoms with Crippen molar-refractivity contribution in [3.63, 3.8) is 0 Å². The smallest absolute Gasteiger partial charge is 0.139 e. The molecular weight excluding hydrogens is 195 g/mol. The Labute approximate surface area is 86.2 Å². The molecular formula is C11H16O2P+. The highest BCUT2D eigenvalue weighted by atomic mass is 31.1. The van der Waals surface area contributed by atoms with Crippen LogP contribution in [0.25, 0.3) is 0 Å². The van der Waals surface area contributed by atoms with Gasteiger partial charge < -0.3 is 0 Å². The first kappa shape index (κ1) is 11.4. The Bertz CT molecular complexity index is 345. The van der Waals surface area contributed by atoms with Crippen LogP contribution in [-0.2, 0) is 9.09 Å². The summed E-state index contributed by atoms with van der Waals surface area (Å²) in [5.41, 5.74) is 2.14. The quantitative estimate of drug-likeness (QED) is 0.718. The molecule has 1 aromatic carbocycles. The lowest BCUT2D eigenvalue weighted by Crippen LogP contribution is -2.07. The molecule has 0 aliphatic carbocycles. The summed E-state index contributed by atoms with van der Waals surface area (Å²) >= 11 is 0. The van der Waals surface area contributed by atoms with E-state index in [0.29, 0.717) is 0 Å². The maximum atomic E-state index is 11.8. The molecule has 0 heterocycles. The zero-order valence-electron chi connectivity index (χ0n) is 9.07. The number of aryl methyl sites for hydroxylation is 2. The molecule has 76 valence electrons. The fourth-order valence-corrected chi connectivity index (χ4v) is 2.33. The Morgan fingerprint density at radius 2 is 1.93 bits per heavy atom. The molecule has 14 heavy (non-hydrogen) atoms. The Morgan fingerprint density at radius 1 is 1.29 bits per heavy atom. The molecule has 0 aromatic heterocycles. The van der Waals surface area contributed by atoms with E-state index in [1.165, 1.54) is 0 Å². The van der Waals surface area contributed by atoms with Crippen molar-refractivity contribution in [1.82, 2.24) is 0 Å². The number of benzene rings is 1. The van der Waals surface area contributed by atoms with Gasteiger partial charge in [-0.3, -0.25) is 0 Å². The molecule has 1 atom stereocenters. The lowest BCUT2D eigenvalue weighted by Gasteiger charge is -1.98. The largest absolute Gasteiger partial charge is 0.549 e. The third-order valence-electron chi connectivity index (χ3n) is 1.87. The second-order valence-electron chi connectivity index (χ2n) is 3.70. The van der Waals surface area contributed by atoms with Gasteiger partial charge in [0.15, 0.2) is 0 Å². The summed E-state index contributed by atoms with van der Waals surface area (Å²) in [5, 5.41) is 0.814. The van der Waals surface area contributed by atoms with Crippen LogP contribution in [-0.4, -0.2) is 6.10 Å². The molecule has 0 aliphatic heterocycles. The van der Waals surface area contributed by atoms with E-state index in [0.717, 1.165) is 16.4 Å². The van der Waals surface area contributed by atoms with E-state index in [1.807, 2.05) is 45.9 Å². The number of rotatable bonds is 3. The van der Waals surface area contributed by atoms with Gasteiger partial charge in [0.2, 0.25) is 5.30 Å². The molecule has 1 rings (SSSR count). The van der Waals surface area contributed by atoms with Crippen molar-refractivity contribution in [2.75, 3.05) is 0 Å². The van der Waals surface area contributed by atoms with E-state index in [2.05, 4.69) is 0 Å². The summed E-state index contributed by atoms with van der Waals surface area (Å²) in [6, 6.07) is 5.91. The zero-order valence-corrected chi connectivity index (χ0v) is 9.97. The SMILES string of the molecule is Cc1ccc(C)c([P+](=O)OC(C)C)c1. The number of hydrogen-bond donors (Lipinski definition) is 0. The van der Waals surface area contributed by atoms with Crippen LogP contribution >= 0.6 is 8.03 Å². The van der Waals surface area contributed by atoms with Gasteiger partial charge in [-0.25, -0.2) is 0 Å². The van der Waals surface area contributed by atoms with Gasteiger partial charge in [-0.05, 0) is 43.9 Å². The Kier molecular flexibility index (Phi) is 3.79. The molecule has 3 heteroatoms. The van der Waals surface area contributed by atoms with Gasteiger partial charge in [0.05, 0.1) is 0 Å². The van der Waals surface area contributed by atoms with Gasteiger partial charge in [-0.15, -0.1) is 4.52 Å². The van der Waals surface area contributed by atoms with Gasteiger partial charge in [0.25, 0.3) is 0 Å². The molecule has 0 radical (unpaired) electrons. The Balaban J connectivity index is 2.94. The molecule has 0 spiro atoms. The van der Waals surface area contributed by atoms with Crippen molar-refractivity contribution >= 4 is 13.3 Å². The highest BCUT2D eigenvalue weighted by Gasteiger charge is 2.26. The van der Waals surface area contributed by atoms with Crippen molar-refractivity contribution in [3.8, 4) is 0 Å². The second-order valence-corrected chi connectivity index (χ2v) is 4.91. The van der Waals surface area contributed by atoms with Crippen LogP contribution < -0.4 is 5.30 Å². The Morgan fingerprint density at radius 3 is 2.50 bits per heavy atom. The van der Waals surface area contributed by atoms with Crippen LogP contribution in [0.1, 0.15) is 25.0 Å². The molecule has 0 saturated heterocycles. The minimum absolute atomic E-state index is 0.00137. The second kappa shape index (κ2) is 4.68. The van der Waals surface area contributed by atoms with E-state index < -0.39 is 8.03 Å². The average molecular weight is 211 g/mol. The van der Waals surface area contributed by atoms with Crippen molar-refractivity contribution in [3.05, 3.63) is 29.3 Å². The van der Waals surface area contributed by atoms with Crippen LogP contribution in [0.2, 0.25) is 0 Å². The fraction of sp³-hybridized carbons (Fsp3) is 0.455. The molecule has 0 fully saturated rings. The molecule has 0 saturated carbocycles. The average Bonchev–Trinajstić information content (AvgIpc) is 2.08. The molecule has 0 bridgehead atoms. The lowest BCUT2D eigenvalue weighted by molar-refractivity contribution is 0.261. The van der Waals surface area contributed by atoms with E-state index in [9.17, 15) is 4.57 Å². The van der Waals surface area contributed by atoms with Gasteiger partial charge in [0, 0.05) is 5.56 Å². The maximum absolute atomic E-state index is 11.8. The number of hydrogen-bond acceptors (Lipinski definition) is 2. The third kappa shape index (κ3) is 2.90. The predicted octanol–water partition coefficient (Wildman–Crippen LogP) is 3.10. The third-order valence-corrected chi connectivity index (χ3v) is 3.36.